The summed E-state index contributed by atoms with van der Waals surface area (Å²) in [6.07, 6.45) is 5.73. The van der Waals surface area contributed by atoms with E-state index < -0.39 is 21.7 Å². The van der Waals surface area contributed by atoms with E-state index in [1.807, 2.05) is 59.4 Å². The summed E-state index contributed by atoms with van der Waals surface area (Å²) in [5.74, 6) is -0.870. The van der Waals surface area contributed by atoms with E-state index in [4.69, 9.17) is 25.0 Å². The van der Waals surface area contributed by atoms with Gasteiger partial charge in [0.25, 0.3) is 0 Å². The number of nitrogens with zero attached hydrogens (tertiary/aromatic N) is 11. The second kappa shape index (κ2) is 20.2. The lowest BCUT2D eigenvalue weighted by atomic mass is 10.2. The Kier molecular flexibility index (Phi) is 13.9. The van der Waals surface area contributed by atoms with E-state index in [9.17, 15) is 22.0 Å². The monoisotopic (exact) mass is 994 g/mol. The van der Waals surface area contributed by atoms with Crippen molar-refractivity contribution in [2.24, 2.45) is 0 Å². The fraction of sp³-hybridized carbons (Fsp3) is 0.312. The molecule has 0 spiro atoms. The van der Waals surface area contributed by atoms with Gasteiger partial charge in [0.05, 0.1) is 34.2 Å². The van der Waals surface area contributed by atoms with Crippen molar-refractivity contribution < 1.29 is 27.1 Å². The molecule has 2 aromatic carbocycles. The molecular formula is C48H52F2N12O4S3. The molecule has 2 saturated heterocycles. The quantitative estimate of drug-likeness (QED) is 0.115. The van der Waals surface area contributed by atoms with Gasteiger partial charge in [0.2, 0.25) is 10.0 Å². The maximum absolute atomic E-state index is 13.3. The van der Waals surface area contributed by atoms with Gasteiger partial charge in [0.1, 0.15) is 34.6 Å². The highest BCUT2D eigenvalue weighted by molar-refractivity contribution is 7.89. The van der Waals surface area contributed by atoms with Gasteiger partial charge in [-0.25, -0.2) is 37.1 Å². The molecule has 6 aromatic heterocycles. The molecule has 21 heteroatoms. The summed E-state index contributed by atoms with van der Waals surface area (Å²) in [5, 5.41) is 17.9. The summed E-state index contributed by atoms with van der Waals surface area (Å²) in [7, 11) is 0.143. The molecule has 8 heterocycles. The van der Waals surface area contributed by atoms with Gasteiger partial charge < -0.3 is 30.0 Å². The summed E-state index contributed by atoms with van der Waals surface area (Å²) in [6.45, 7) is 9.49. The summed E-state index contributed by atoms with van der Waals surface area (Å²) in [6, 6.07) is 20.9. The van der Waals surface area contributed by atoms with Crippen molar-refractivity contribution in [2.75, 3.05) is 91.8 Å². The number of carbonyl (C=O) groups is 1. The van der Waals surface area contributed by atoms with Crippen LogP contribution in [0.1, 0.15) is 25.2 Å². The Bertz CT molecular complexity index is 3200. The zero-order chi connectivity index (χ0) is 48.4. The van der Waals surface area contributed by atoms with E-state index in [0.29, 0.717) is 19.5 Å². The van der Waals surface area contributed by atoms with Crippen LogP contribution in [0.2, 0.25) is 0 Å². The molecule has 0 aliphatic carbocycles. The van der Waals surface area contributed by atoms with Crippen LogP contribution in [0, 0.1) is 11.6 Å². The summed E-state index contributed by atoms with van der Waals surface area (Å²) < 4.78 is 56.7. The Labute approximate surface area is 406 Å². The minimum Gasteiger partial charge on any atom is -0.480 e. The lowest BCUT2D eigenvalue weighted by molar-refractivity contribution is -0.134. The second-order valence-electron chi connectivity index (χ2n) is 16.6. The highest BCUT2D eigenvalue weighted by Gasteiger charge is 2.30. The first-order chi connectivity index (χ1) is 33.3. The minimum absolute atomic E-state index is 0.218. The van der Waals surface area contributed by atoms with Crippen LogP contribution >= 0.6 is 22.7 Å². The Hall–Kier alpha value is -6.52. The molecule has 2 aliphatic rings. The Morgan fingerprint density at radius 1 is 0.652 bits per heavy atom. The Balaban J connectivity index is 0.000000175. The number of imidazole rings is 2. The third-order valence-electron chi connectivity index (χ3n) is 12.2. The number of carboxylic acid groups (broad SMARTS) is 1. The maximum atomic E-state index is 13.3. The number of carboxylic acids is 1. The van der Waals surface area contributed by atoms with Crippen LogP contribution in [-0.2, 0) is 27.7 Å². The van der Waals surface area contributed by atoms with Crippen LogP contribution in [0.5, 0.6) is 0 Å². The van der Waals surface area contributed by atoms with Crippen LogP contribution in [0.25, 0.3) is 33.8 Å². The smallest absolute Gasteiger partial charge is 0.320 e. The lowest BCUT2D eigenvalue weighted by Gasteiger charge is -2.35. The molecule has 0 amide bonds. The Morgan fingerprint density at radius 3 is 1.51 bits per heavy atom. The third kappa shape index (κ3) is 10.1. The van der Waals surface area contributed by atoms with Gasteiger partial charge >= 0.3 is 5.97 Å². The maximum Gasteiger partial charge on any atom is 0.320 e. The number of fused-ring (bicyclic) bond motifs is 2. The third-order valence-corrected chi connectivity index (χ3v) is 15.8. The van der Waals surface area contributed by atoms with Crippen molar-refractivity contribution in [2.45, 2.75) is 26.7 Å². The molecule has 2 aliphatic heterocycles. The number of aromatic nitrogens is 6. The standard InChI is InChI=1S/C25H27FN6O4S2.C23H25FN6S/c1-3-20-24(29(2)25-28-21(15-37-25)17-4-6-18(26)7-5-17)32-14-19(8-9-22(32)27-20)30-10-12-31(13-11-30)38(35,36)16-23(33)34;1-3-19-22(28(2)23-27-20(15-31-23)16-4-6-17(24)7-5-16)30-14-18(8-9-21(30)26-19)29-12-10-25-11-13-29/h4-9,14-15H,3,10-13,16H2,1-2H3,(H,33,34);4-9,14-15,25H,3,10-13H2,1-2H3. The van der Waals surface area contributed by atoms with Gasteiger partial charge in [-0.1, -0.05) is 13.8 Å². The fourth-order valence-electron chi connectivity index (χ4n) is 8.62. The van der Waals surface area contributed by atoms with Crippen LogP contribution in [0.4, 0.5) is 42.1 Å². The number of aliphatic carboxylic acids is 1. The van der Waals surface area contributed by atoms with Crippen LogP contribution in [-0.4, -0.2) is 125 Å². The second-order valence-corrected chi connectivity index (χ2v) is 20.3. The van der Waals surface area contributed by atoms with E-state index in [2.05, 4.69) is 49.7 Å². The number of pyridine rings is 2. The number of nitrogens with one attached hydrogen (secondary N) is 1. The number of hydrogen-bond donors (Lipinski definition) is 2. The van der Waals surface area contributed by atoms with Gasteiger partial charge in [0, 0.05) is 101 Å². The van der Waals surface area contributed by atoms with Crippen LogP contribution in [0.15, 0.2) is 96.0 Å². The number of rotatable bonds is 13. The Morgan fingerprint density at radius 2 is 1.09 bits per heavy atom. The van der Waals surface area contributed by atoms with Gasteiger partial charge in [-0.3, -0.25) is 13.6 Å². The highest BCUT2D eigenvalue weighted by Crippen LogP contribution is 2.36. The molecule has 0 saturated carbocycles. The molecule has 0 radical (unpaired) electrons. The first kappa shape index (κ1) is 47.5. The molecule has 0 bridgehead atoms. The molecule has 0 unspecified atom stereocenters. The van der Waals surface area contributed by atoms with Gasteiger partial charge in [-0.2, -0.15) is 4.31 Å². The molecule has 10 rings (SSSR count). The molecule has 2 N–H and O–H groups in total. The topological polar surface area (TPSA) is 160 Å². The molecule has 360 valence electrons. The number of piperazine rings is 2. The molecule has 8 aromatic rings. The number of aryl methyl sites for hydroxylation is 2. The largest absolute Gasteiger partial charge is 0.480 e. The van der Waals surface area contributed by atoms with E-state index >= 15 is 0 Å². The highest BCUT2D eigenvalue weighted by atomic mass is 32.2. The van der Waals surface area contributed by atoms with Crippen molar-refractivity contribution in [3.63, 3.8) is 0 Å². The average molecular weight is 995 g/mol. The van der Waals surface area contributed by atoms with Crippen molar-refractivity contribution in [1.82, 2.24) is 38.4 Å². The van der Waals surface area contributed by atoms with Crippen molar-refractivity contribution in [3.8, 4) is 22.5 Å². The normalized spacial score (nSPS) is 14.6. The minimum atomic E-state index is -3.83. The molecule has 69 heavy (non-hydrogen) atoms. The van der Waals surface area contributed by atoms with Crippen molar-refractivity contribution in [3.05, 3.63) is 119 Å². The van der Waals surface area contributed by atoms with Crippen LogP contribution < -0.4 is 24.9 Å². The molecule has 16 nitrogen and oxygen atoms in total. The van der Waals surface area contributed by atoms with E-state index in [1.165, 1.54) is 45.6 Å². The lowest BCUT2D eigenvalue weighted by Crippen LogP contribution is -2.50. The first-order valence-corrected chi connectivity index (χ1v) is 26.0. The number of sulfonamides is 1. The number of hydrogen-bond acceptors (Lipinski definition) is 14. The molecule has 0 atom stereocenters. The van der Waals surface area contributed by atoms with Crippen molar-refractivity contribution in [1.29, 1.82) is 0 Å². The fourth-order valence-corrected chi connectivity index (χ4v) is 11.4. The van der Waals surface area contributed by atoms with E-state index in [-0.39, 0.29) is 24.7 Å². The summed E-state index contributed by atoms with van der Waals surface area (Å²) in [4.78, 5) is 38.8. The van der Waals surface area contributed by atoms with Crippen molar-refractivity contribution >= 4 is 83.2 Å². The molecular weight excluding hydrogens is 943 g/mol. The molecule has 2 fully saturated rings. The number of anilines is 6. The van der Waals surface area contributed by atoms with E-state index in [1.54, 1.807) is 35.6 Å². The van der Waals surface area contributed by atoms with Gasteiger partial charge in [-0.05, 0) is 85.6 Å². The van der Waals surface area contributed by atoms with Crippen LogP contribution in [0.3, 0.4) is 0 Å². The predicted molar refractivity (Wildman–Crippen MR) is 271 cm³/mol. The average Bonchev–Trinajstić information content (AvgIpc) is 4.19. The zero-order valence-electron chi connectivity index (χ0n) is 38.6. The van der Waals surface area contributed by atoms with Gasteiger partial charge in [-0.15, -0.1) is 22.7 Å². The van der Waals surface area contributed by atoms with Gasteiger partial charge in [0.15, 0.2) is 16.0 Å². The first-order valence-electron chi connectivity index (χ1n) is 22.6. The van der Waals surface area contributed by atoms with E-state index in [0.717, 1.165) is 105 Å². The number of halogens is 2. The SMILES string of the molecule is CCc1nc2ccc(N3CCN(S(=O)(=O)CC(=O)O)CC3)cn2c1N(C)c1nc(-c2ccc(F)cc2)cs1.CCc1nc2ccc(N3CCNCC3)cn2c1N(C)c1nc(-c2ccc(F)cc2)cs1. The zero-order valence-corrected chi connectivity index (χ0v) is 41.0. The number of benzene rings is 2. The summed E-state index contributed by atoms with van der Waals surface area (Å²) in [5.41, 5.74) is 9.14. The summed E-state index contributed by atoms with van der Waals surface area (Å²) >= 11 is 3.06. The number of thiazole rings is 2. The predicted octanol–water partition coefficient (Wildman–Crippen LogP) is 7.80.